The van der Waals surface area contributed by atoms with Crippen molar-refractivity contribution in [3.05, 3.63) is 48.3 Å². The molecular formula is C17H22N6O2S2. The van der Waals surface area contributed by atoms with E-state index in [0.717, 1.165) is 17.2 Å². The highest BCUT2D eigenvalue weighted by Gasteiger charge is 2.04. The van der Waals surface area contributed by atoms with Crippen LogP contribution in [0.1, 0.15) is 31.8 Å². The molecule has 0 saturated carbocycles. The SMILES string of the molecule is CCC(=N/NC(=S)NCc1ccco1)/C(C)=N/NC(=S)NCc1ccco1. The van der Waals surface area contributed by atoms with Gasteiger partial charge < -0.3 is 19.5 Å². The Kier molecular flexibility index (Phi) is 8.46. The summed E-state index contributed by atoms with van der Waals surface area (Å²) in [6.07, 6.45) is 3.90. The minimum Gasteiger partial charge on any atom is -0.467 e. The van der Waals surface area contributed by atoms with E-state index in [-0.39, 0.29) is 0 Å². The quantitative estimate of drug-likeness (QED) is 0.302. The van der Waals surface area contributed by atoms with Gasteiger partial charge >= 0.3 is 0 Å². The summed E-state index contributed by atoms with van der Waals surface area (Å²) >= 11 is 10.4. The van der Waals surface area contributed by atoms with Crippen LogP contribution in [0.2, 0.25) is 0 Å². The maximum Gasteiger partial charge on any atom is 0.187 e. The van der Waals surface area contributed by atoms with Crippen LogP contribution in [0, 0.1) is 0 Å². The maximum atomic E-state index is 5.23. The number of nitrogens with one attached hydrogen (secondary N) is 4. The summed E-state index contributed by atoms with van der Waals surface area (Å²) < 4.78 is 10.5. The minimum absolute atomic E-state index is 0.393. The molecule has 2 heterocycles. The molecule has 0 fully saturated rings. The predicted octanol–water partition coefficient (Wildman–Crippen LogP) is 2.64. The van der Waals surface area contributed by atoms with Gasteiger partial charge in [-0.2, -0.15) is 10.2 Å². The van der Waals surface area contributed by atoms with Crippen LogP contribution in [0.25, 0.3) is 0 Å². The van der Waals surface area contributed by atoms with Crippen LogP contribution >= 0.6 is 24.4 Å². The molecule has 0 aliphatic carbocycles. The molecule has 10 heteroatoms. The Bertz CT molecular complexity index is 784. The van der Waals surface area contributed by atoms with Crippen molar-refractivity contribution in [3.63, 3.8) is 0 Å². The Balaban J connectivity index is 1.77. The fourth-order valence-corrected chi connectivity index (χ4v) is 2.21. The minimum atomic E-state index is 0.393. The van der Waals surface area contributed by atoms with Crippen molar-refractivity contribution in [2.45, 2.75) is 33.4 Å². The third-order valence-corrected chi connectivity index (χ3v) is 3.85. The molecular weight excluding hydrogens is 384 g/mol. The predicted molar refractivity (Wildman–Crippen MR) is 113 cm³/mol. The Labute approximate surface area is 168 Å². The van der Waals surface area contributed by atoms with Crippen molar-refractivity contribution in [2.24, 2.45) is 10.2 Å². The number of hydrogen-bond donors (Lipinski definition) is 4. The lowest BCUT2D eigenvalue weighted by atomic mass is 10.2. The first-order valence-electron chi connectivity index (χ1n) is 8.32. The summed E-state index contributed by atoms with van der Waals surface area (Å²) in [5, 5.41) is 15.3. The monoisotopic (exact) mass is 406 g/mol. The second kappa shape index (κ2) is 11.1. The second-order valence-corrected chi connectivity index (χ2v) is 6.17. The first-order valence-corrected chi connectivity index (χ1v) is 9.13. The van der Waals surface area contributed by atoms with Gasteiger partial charge in [0.1, 0.15) is 11.5 Å². The molecule has 144 valence electrons. The number of nitrogens with zero attached hydrogens (tertiary/aromatic N) is 2. The lowest BCUT2D eigenvalue weighted by Gasteiger charge is -2.09. The van der Waals surface area contributed by atoms with Crippen LogP contribution in [-0.2, 0) is 13.1 Å². The van der Waals surface area contributed by atoms with Crippen molar-refractivity contribution < 1.29 is 8.83 Å². The molecule has 2 aromatic rings. The second-order valence-electron chi connectivity index (χ2n) is 5.36. The lowest BCUT2D eigenvalue weighted by molar-refractivity contribution is 0.502. The first-order chi connectivity index (χ1) is 13.1. The zero-order valence-corrected chi connectivity index (χ0v) is 16.7. The summed E-state index contributed by atoms with van der Waals surface area (Å²) in [5.41, 5.74) is 7.04. The summed E-state index contributed by atoms with van der Waals surface area (Å²) in [6.45, 7) is 4.79. The maximum absolute atomic E-state index is 5.23. The van der Waals surface area contributed by atoms with Gasteiger partial charge in [0.05, 0.1) is 37.0 Å². The van der Waals surface area contributed by atoms with Crippen LogP contribution in [0.15, 0.2) is 55.8 Å². The van der Waals surface area contributed by atoms with Gasteiger partial charge in [-0.1, -0.05) is 6.92 Å². The summed E-state index contributed by atoms with van der Waals surface area (Å²) in [7, 11) is 0. The van der Waals surface area contributed by atoms with Gasteiger partial charge in [0, 0.05) is 0 Å². The van der Waals surface area contributed by atoms with E-state index in [1.54, 1.807) is 12.5 Å². The van der Waals surface area contributed by atoms with Gasteiger partial charge in [0.2, 0.25) is 0 Å². The average molecular weight is 407 g/mol. The van der Waals surface area contributed by atoms with E-state index in [1.165, 1.54) is 0 Å². The van der Waals surface area contributed by atoms with Crippen LogP contribution in [0.3, 0.4) is 0 Å². The fourth-order valence-electron chi connectivity index (χ4n) is 1.97. The normalized spacial score (nSPS) is 11.8. The highest BCUT2D eigenvalue weighted by molar-refractivity contribution is 7.80. The molecule has 4 N–H and O–H groups in total. The average Bonchev–Trinajstić information content (AvgIpc) is 3.37. The highest BCUT2D eigenvalue weighted by atomic mass is 32.1. The largest absolute Gasteiger partial charge is 0.467 e. The van der Waals surface area contributed by atoms with E-state index in [0.29, 0.717) is 35.4 Å². The summed E-state index contributed by atoms with van der Waals surface area (Å²) in [5.74, 6) is 1.58. The van der Waals surface area contributed by atoms with E-state index >= 15 is 0 Å². The van der Waals surface area contributed by atoms with Gasteiger partial charge in [-0.3, -0.25) is 10.9 Å². The fraction of sp³-hybridized carbons (Fsp3) is 0.294. The summed E-state index contributed by atoms with van der Waals surface area (Å²) in [6, 6.07) is 7.37. The summed E-state index contributed by atoms with van der Waals surface area (Å²) in [4.78, 5) is 0. The van der Waals surface area contributed by atoms with Gasteiger partial charge in [-0.15, -0.1) is 0 Å². The van der Waals surface area contributed by atoms with Crippen LogP contribution in [0.4, 0.5) is 0 Å². The van der Waals surface area contributed by atoms with Gasteiger partial charge in [0.15, 0.2) is 10.2 Å². The number of rotatable bonds is 8. The van der Waals surface area contributed by atoms with E-state index in [4.69, 9.17) is 33.3 Å². The Morgan fingerprint density at radius 2 is 1.44 bits per heavy atom. The Hall–Kier alpha value is -2.72. The third kappa shape index (κ3) is 7.59. The first kappa shape index (κ1) is 20.6. The molecule has 0 aliphatic rings. The molecule has 2 aromatic heterocycles. The zero-order chi connectivity index (χ0) is 19.5. The molecule has 8 nitrogen and oxygen atoms in total. The van der Waals surface area contributed by atoms with Crippen LogP contribution in [0.5, 0.6) is 0 Å². The molecule has 0 radical (unpaired) electrons. The molecule has 0 aromatic carbocycles. The molecule has 0 amide bonds. The zero-order valence-electron chi connectivity index (χ0n) is 15.1. The topological polar surface area (TPSA) is 99.1 Å². The number of furan rings is 2. The van der Waals surface area contributed by atoms with Crippen molar-refractivity contribution in [1.82, 2.24) is 21.5 Å². The van der Waals surface area contributed by atoms with Gasteiger partial charge in [-0.25, -0.2) is 0 Å². The molecule has 0 bridgehead atoms. The highest BCUT2D eigenvalue weighted by Crippen LogP contribution is 1.99. The molecule has 0 atom stereocenters. The number of hydrogen-bond acceptors (Lipinski definition) is 6. The standard InChI is InChI=1S/C17H22N6O2S2/c1-3-15(21-23-17(27)19-11-14-7-5-9-25-14)12(2)20-22-16(26)18-10-13-6-4-8-24-13/h4-9H,3,10-11H2,1-2H3,(H2,18,22,26)(H2,19,23,27)/b20-12+,21-15-. The Morgan fingerprint density at radius 3 is 1.89 bits per heavy atom. The lowest BCUT2D eigenvalue weighted by Crippen LogP contribution is -2.34. The van der Waals surface area contributed by atoms with Crippen molar-refractivity contribution in [2.75, 3.05) is 0 Å². The molecule has 0 aliphatic heterocycles. The molecule has 0 saturated heterocycles. The van der Waals surface area contributed by atoms with Crippen molar-refractivity contribution in [3.8, 4) is 0 Å². The number of hydrazone groups is 2. The van der Waals surface area contributed by atoms with Crippen LogP contribution < -0.4 is 21.5 Å². The van der Waals surface area contributed by atoms with Crippen molar-refractivity contribution >= 4 is 46.1 Å². The van der Waals surface area contributed by atoms with Crippen LogP contribution in [-0.4, -0.2) is 21.6 Å². The smallest absolute Gasteiger partial charge is 0.187 e. The van der Waals surface area contributed by atoms with E-state index in [1.807, 2.05) is 38.1 Å². The van der Waals surface area contributed by atoms with E-state index < -0.39 is 0 Å². The van der Waals surface area contributed by atoms with E-state index in [9.17, 15) is 0 Å². The van der Waals surface area contributed by atoms with E-state index in [2.05, 4.69) is 31.7 Å². The molecule has 0 unspecified atom stereocenters. The van der Waals surface area contributed by atoms with Crippen molar-refractivity contribution in [1.29, 1.82) is 0 Å². The molecule has 2 rings (SSSR count). The Morgan fingerprint density at radius 1 is 0.926 bits per heavy atom. The number of thiocarbonyl (C=S) groups is 2. The molecule has 27 heavy (non-hydrogen) atoms. The van der Waals surface area contributed by atoms with Gasteiger partial charge in [-0.05, 0) is 62.0 Å². The van der Waals surface area contributed by atoms with Gasteiger partial charge in [0.25, 0.3) is 0 Å². The molecule has 0 spiro atoms. The third-order valence-electron chi connectivity index (χ3n) is 3.38.